The van der Waals surface area contributed by atoms with Crippen molar-refractivity contribution in [2.24, 2.45) is 0 Å². The van der Waals surface area contributed by atoms with Crippen molar-refractivity contribution in [3.63, 3.8) is 0 Å². The molecule has 2 atom stereocenters. The summed E-state index contributed by atoms with van der Waals surface area (Å²) >= 11 is 0. The number of ether oxygens (including phenoxy) is 4. The Labute approximate surface area is 142 Å². The lowest BCUT2D eigenvalue weighted by atomic mass is 10.1. The number of carbonyl (C=O) groups is 2. The van der Waals surface area contributed by atoms with Crippen LogP contribution in [0.15, 0.2) is 24.3 Å². The van der Waals surface area contributed by atoms with Crippen LogP contribution < -0.4 is 4.74 Å². The lowest BCUT2D eigenvalue weighted by Crippen LogP contribution is -2.31. The van der Waals surface area contributed by atoms with Crippen molar-refractivity contribution in [3.8, 4) is 5.75 Å². The molecule has 1 aromatic rings. The van der Waals surface area contributed by atoms with E-state index in [1.807, 2.05) is 24.3 Å². The third kappa shape index (κ3) is 5.53. The average molecular weight is 336 g/mol. The molecule has 1 aliphatic rings. The molecule has 1 saturated heterocycles. The summed E-state index contributed by atoms with van der Waals surface area (Å²) in [6.45, 7) is 3.89. The molecule has 132 valence electrons. The van der Waals surface area contributed by atoms with E-state index in [9.17, 15) is 9.59 Å². The van der Waals surface area contributed by atoms with Crippen LogP contribution in [0.3, 0.4) is 0 Å². The van der Waals surface area contributed by atoms with E-state index in [4.69, 9.17) is 18.9 Å². The van der Waals surface area contributed by atoms with Gasteiger partial charge in [-0.25, -0.2) is 4.79 Å². The summed E-state index contributed by atoms with van der Waals surface area (Å²) in [5.41, 5.74) is 0.769. The smallest absolute Gasteiger partial charge is 0.347 e. The van der Waals surface area contributed by atoms with Gasteiger partial charge in [-0.05, 0) is 31.4 Å². The quantitative estimate of drug-likeness (QED) is 0.713. The number of para-hydroxylation sites is 1. The third-order valence-electron chi connectivity index (χ3n) is 3.63. The molecule has 1 aromatic carbocycles. The summed E-state index contributed by atoms with van der Waals surface area (Å²) in [5.74, 6) is -0.454. The molecule has 0 radical (unpaired) electrons. The maximum Gasteiger partial charge on any atom is 0.347 e. The Kier molecular flexibility index (Phi) is 7.06. The second kappa shape index (κ2) is 9.27. The van der Waals surface area contributed by atoms with Crippen LogP contribution in [-0.4, -0.2) is 37.5 Å². The molecule has 1 fully saturated rings. The Hall–Kier alpha value is -2.08. The van der Waals surface area contributed by atoms with E-state index in [0.717, 1.165) is 24.8 Å². The van der Waals surface area contributed by atoms with Gasteiger partial charge in [0.05, 0.1) is 13.2 Å². The van der Waals surface area contributed by atoms with Crippen molar-refractivity contribution in [1.82, 2.24) is 0 Å². The lowest BCUT2D eigenvalue weighted by Gasteiger charge is -2.25. The van der Waals surface area contributed by atoms with Gasteiger partial charge in [-0.2, -0.15) is 0 Å². The summed E-state index contributed by atoms with van der Waals surface area (Å²) in [7, 11) is 0. The molecule has 0 saturated carbocycles. The molecule has 0 bridgehead atoms. The van der Waals surface area contributed by atoms with E-state index in [1.54, 1.807) is 6.92 Å². The molecule has 1 aliphatic heterocycles. The summed E-state index contributed by atoms with van der Waals surface area (Å²) in [5, 5.41) is 0. The Morgan fingerprint density at radius 1 is 1.29 bits per heavy atom. The van der Waals surface area contributed by atoms with E-state index in [0.29, 0.717) is 12.4 Å². The number of esters is 2. The van der Waals surface area contributed by atoms with Gasteiger partial charge in [0.15, 0.2) is 6.29 Å². The molecular formula is C18H24O6. The van der Waals surface area contributed by atoms with E-state index < -0.39 is 18.0 Å². The highest BCUT2D eigenvalue weighted by molar-refractivity contribution is 5.79. The van der Waals surface area contributed by atoms with E-state index in [2.05, 4.69) is 0 Å². The second-order valence-corrected chi connectivity index (χ2v) is 5.58. The lowest BCUT2D eigenvalue weighted by molar-refractivity contribution is -0.166. The normalized spacial score (nSPS) is 18.5. The van der Waals surface area contributed by atoms with Crippen molar-refractivity contribution in [3.05, 3.63) is 29.8 Å². The first-order chi connectivity index (χ1) is 11.6. The first kappa shape index (κ1) is 18.3. The topological polar surface area (TPSA) is 71.1 Å². The zero-order valence-electron chi connectivity index (χ0n) is 14.2. The van der Waals surface area contributed by atoms with Crippen molar-refractivity contribution < 1.29 is 28.5 Å². The molecule has 0 spiro atoms. The Balaban J connectivity index is 2.10. The predicted octanol–water partition coefficient (Wildman–Crippen LogP) is 2.63. The zero-order chi connectivity index (χ0) is 17.4. The maximum absolute atomic E-state index is 12.0. The van der Waals surface area contributed by atoms with Crippen LogP contribution in [0.25, 0.3) is 0 Å². The van der Waals surface area contributed by atoms with Gasteiger partial charge in [0.1, 0.15) is 5.75 Å². The average Bonchev–Trinajstić information content (AvgIpc) is 2.57. The van der Waals surface area contributed by atoms with Crippen LogP contribution in [0.1, 0.15) is 38.7 Å². The fourth-order valence-electron chi connectivity index (χ4n) is 2.54. The van der Waals surface area contributed by atoms with Gasteiger partial charge < -0.3 is 18.9 Å². The van der Waals surface area contributed by atoms with Crippen LogP contribution in [0.4, 0.5) is 0 Å². The largest absolute Gasteiger partial charge is 0.465 e. The monoisotopic (exact) mass is 336 g/mol. The molecule has 0 aromatic heterocycles. The summed E-state index contributed by atoms with van der Waals surface area (Å²) in [6.07, 6.45) is 1.86. The van der Waals surface area contributed by atoms with Crippen LogP contribution >= 0.6 is 0 Å². The number of carbonyl (C=O) groups excluding carboxylic acids is 2. The first-order valence-electron chi connectivity index (χ1n) is 8.30. The minimum Gasteiger partial charge on any atom is -0.465 e. The van der Waals surface area contributed by atoms with Crippen LogP contribution in [0, 0.1) is 0 Å². The second-order valence-electron chi connectivity index (χ2n) is 5.58. The van der Waals surface area contributed by atoms with Gasteiger partial charge in [-0.1, -0.05) is 18.2 Å². The maximum atomic E-state index is 12.0. The van der Waals surface area contributed by atoms with Crippen molar-refractivity contribution in [1.29, 1.82) is 0 Å². The highest BCUT2D eigenvalue weighted by atomic mass is 16.7. The number of hydrogen-bond donors (Lipinski definition) is 0. The van der Waals surface area contributed by atoms with Gasteiger partial charge in [-0.15, -0.1) is 0 Å². The van der Waals surface area contributed by atoms with E-state index in [1.165, 1.54) is 6.92 Å². The number of benzene rings is 1. The van der Waals surface area contributed by atoms with Crippen LogP contribution in [-0.2, 0) is 30.2 Å². The van der Waals surface area contributed by atoms with Crippen molar-refractivity contribution >= 4 is 11.9 Å². The SMILES string of the molecule is CCOC(=O)[C@@H](Cc1ccccc1OC1CCCCO1)OC(C)=O. The van der Waals surface area contributed by atoms with Crippen LogP contribution in [0.2, 0.25) is 0 Å². The van der Waals surface area contributed by atoms with Crippen molar-refractivity contribution in [2.45, 2.75) is 51.9 Å². The fraction of sp³-hybridized carbons (Fsp3) is 0.556. The van der Waals surface area contributed by atoms with Gasteiger partial charge in [0.25, 0.3) is 0 Å². The highest BCUT2D eigenvalue weighted by Crippen LogP contribution is 2.25. The fourth-order valence-corrected chi connectivity index (χ4v) is 2.54. The molecule has 24 heavy (non-hydrogen) atoms. The summed E-state index contributed by atoms with van der Waals surface area (Å²) < 4.78 is 21.6. The summed E-state index contributed by atoms with van der Waals surface area (Å²) in [6, 6.07) is 7.37. The van der Waals surface area contributed by atoms with E-state index in [-0.39, 0.29) is 19.3 Å². The van der Waals surface area contributed by atoms with Crippen LogP contribution in [0.5, 0.6) is 5.75 Å². The summed E-state index contributed by atoms with van der Waals surface area (Å²) in [4.78, 5) is 23.3. The van der Waals surface area contributed by atoms with Crippen molar-refractivity contribution in [2.75, 3.05) is 13.2 Å². The Morgan fingerprint density at radius 3 is 2.75 bits per heavy atom. The van der Waals surface area contributed by atoms with Gasteiger partial charge in [0, 0.05) is 19.8 Å². The number of hydrogen-bond acceptors (Lipinski definition) is 6. The molecule has 0 amide bonds. The Morgan fingerprint density at radius 2 is 2.08 bits per heavy atom. The molecule has 6 nitrogen and oxygen atoms in total. The molecular weight excluding hydrogens is 312 g/mol. The molecule has 1 unspecified atom stereocenters. The third-order valence-corrected chi connectivity index (χ3v) is 3.63. The van der Waals surface area contributed by atoms with E-state index >= 15 is 0 Å². The molecule has 0 N–H and O–H groups in total. The highest BCUT2D eigenvalue weighted by Gasteiger charge is 2.25. The minimum atomic E-state index is -0.987. The minimum absolute atomic E-state index is 0.196. The standard InChI is InChI=1S/C18H24O6/c1-3-21-18(20)16(23-13(2)19)12-14-8-4-5-9-15(14)24-17-10-6-7-11-22-17/h4-5,8-9,16-17H,3,6-7,10-12H2,1-2H3/t16-,17?/m1/s1. The molecule has 0 aliphatic carbocycles. The Bertz CT molecular complexity index is 550. The number of rotatable bonds is 7. The molecule has 6 heteroatoms. The predicted molar refractivity (Wildman–Crippen MR) is 86.6 cm³/mol. The zero-order valence-corrected chi connectivity index (χ0v) is 14.2. The van der Waals surface area contributed by atoms with Gasteiger partial charge >= 0.3 is 11.9 Å². The molecule has 1 heterocycles. The van der Waals surface area contributed by atoms with Gasteiger partial charge in [-0.3, -0.25) is 4.79 Å². The molecule has 2 rings (SSSR count). The first-order valence-corrected chi connectivity index (χ1v) is 8.30. The van der Waals surface area contributed by atoms with Gasteiger partial charge in [0.2, 0.25) is 6.10 Å².